The molecular weight excluding hydrogens is 230 g/mol. The highest BCUT2D eigenvalue weighted by Crippen LogP contribution is 2.30. The molecule has 1 heterocycles. The van der Waals surface area contributed by atoms with Crippen LogP contribution in [-0.4, -0.2) is 19.2 Å². The monoisotopic (exact) mass is 247 g/mol. The van der Waals surface area contributed by atoms with Crippen LogP contribution in [0.2, 0.25) is 0 Å². The van der Waals surface area contributed by atoms with E-state index in [-0.39, 0.29) is 5.43 Å². The number of aromatic amines is 1. The van der Waals surface area contributed by atoms with Gasteiger partial charge in [0.05, 0.1) is 19.7 Å². The van der Waals surface area contributed by atoms with E-state index in [1.165, 1.54) is 0 Å². The maximum absolute atomic E-state index is 12.3. The lowest BCUT2D eigenvalue weighted by Gasteiger charge is -2.11. The normalized spacial score (nSPS) is 10.7. The van der Waals surface area contributed by atoms with Gasteiger partial charge in [-0.3, -0.25) is 4.79 Å². The van der Waals surface area contributed by atoms with E-state index in [9.17, 15) is 4.79 Å². The molecule has 0 saturated heterocycles. The SMILES string of the molecule is CCc1[nH]c2cc(OC)c(OC)cc2c(=O)c1C. The Morgan fingerprint density at radius 1 is 1.17 bits per heavy atom. The van der Waals surface area contributed by atoms with Crippen molar-refractivity contribution in [1.29, 1.82) is 0 Å². The first kappa shape index (κ1) is 12.5. The summed E-state index contributed by atoms with van der Waals surface area (Å²) in [6, 6.07) is 3.52. The summed E-state index contributed by atoms with van der Waals surface area (Å²) in [6.45, 7) is 3.86. The van der Waals surface area contributed by atoms with Crippen LogP contribution in [0.15, 0.2) is 16.9 Å². The number of H-pyrrole nitrogens is 1. The number of benzene rings is 1. The van der Waals surface area contributed by atoms with Crippen LogP contribution in [0.3, 0.4) is 0 Å². The van der Waals surface area contributed by atoms with E-state index in [1.807, 2.05) is 13.8 Å². The van der Waals surface area contributed by atoms with Gasteiger partial charge in [-0.2, -0.15) is 0 Å². The Morgan fingerprint density at radius 3 is 2.33 bits per heavy atom. The first-order valence-corrected chi connectivity index (χ1v) is 5.89. The molecule has 0 amide bonds. The molecule has 4 heteroatoms. The number of hydrogen-bond acceptors (Lipinski definition) is 3. The minimum absolute atomic E-state index is 0.0431. The quantitative estimate of drug-likeness (QED) is 0.906. The molecule has 18 heavy (non-hydrogen) atoms. The maximum atomic E-state index is 12.3. The highest BCUT2D eigenvalue weighted by Gasteiger charge is 2.11. The Bertz CT molecular complexity index is 644. The Hall–Kier alpha value is -1.97. The largest absolute Gasteiger partial charge is 0.493 e. The highest BCUT2D eigenvalue weighted by atomic mass is 16.5. The number of hydrogen-bond donors (Lipinski definition) is 1. The second-order valence-electron chi connectivity index (χ2n) is 4.16. The van der Waals surface area contributed by atoms with E-state index in [0.717, 1.165) is 23.2 Å². The van der Waals surface area contributed by atoms with E-state index < -0.39 is 0 Å². The summed E-state index contributed by atoms with van der Waals surface area (Å²) in [6.07, 6.45) is 0.797. The summed E-state index contributed by atoms with van der Waals surface area (Å²) in [5.41, 5.74) is 2.54. The van der Waals surface area contributed by atoms with Gasteiger partial charge in [-0.15, -0.1) is 0 Å². The van der Waals surface area contributed by atoms with Crippen molar-refractivity contribution in [1.82, 2.24) is 4.98 Å². The van der Waals surface area contributed by atoms with Crippen molar-refractivity contribution in [2.75, 3.05) is 14.2 Å². The summed E-state index contributed by atoms with van der Waals surface area (Å²) >= 11 is 0. The van der Waals surface area contributed by atoms with Gasteiger partial charge in [-0.1, -0.05) is 6.92 Å². The predicted molar refractivity (Wildman–Crippen MR) is 71.8 cm³/mol. The van der Waals surface area contributed by atoms with Gasteiger partial charge in [0.15, 0.2) is 16.9 Å². The van der Waals surface area contributed by atoms with Crippen LogP contribution >= 0.6 is 0 Å². The average molecular weight is 247 g/mol. The topological polar surface area (TPSA) is 51.3 Å². The lowest BCUT2D eigenvalue weighted by Crippen LogP contribution is -2.11. The van der Waals surface area contributed by atoms with Crippen molar-refractivity contribution >= 4 is 10.9 Å². The smallest absolute Gasteiger partial charge is 0.192 e. The third kappa shape index (κ3) is 1.83. The van der Waals surface area contributed by atoms with E-state index in [1.54, 1.807) is 26.4 Å². The molecule has 0 fully saturated rings. The third-order valence-electron chi connectivity index (χ3n) is 3.20. The summed E-state index contributed by atoms with van der Waals surface area (Å²) in [5.74, 6) is 1.19. The first-order valence-electron chi connectivity index (χ1n) is 5.89. The van der Waals surface area contributed by atoms with Crippen molar-refractivity contribution in [3.05, 3.63) is 33.6 Å². The van der Waals surface area contributed by atoms with Crippen LogP contribution in [0.4, 0.5) is 0 Å². The Labute approximate surface area is 106 Å². The standard InChI is InChI=1S/C14H17NO3/c1-5-10-8(2)14(16)9-6-12(17-3)13(18-4)7-11(9)15-10/h6-7H,5H2,1-4H3,(H,15,16). The number of fused-ring (bicyclic) bond motifs is 1. The Morgan fingerprint density at radius 2 is 1.78 bits per heavy atom. The van der Waals surface area contributed by atoms with E-state index in [4.69, 9.17) is 9.47 Å². The molecule has 4 nitrogen and oxygen atoms in total. The zero-order valence-corrected chi connectivity index (χ0v) is 11.1. The lowest BCUT2D eigenvalue weighted by molar-refractivity contribution is 0.355. The molecular formula is C14H17NO3. The molecule has 0 aliphatic carbocycles. The van der Waals surface area contributed by atoms with Gasteiger partial charge in [0.2, 0.25) is 0 Å². The molecule has 2 aromatic rings. The minimum atomic E-state index is 0.0431. The van der Waals surface area contributed by atoms with Gasteiger partial charge in [0.1, 0.15) is 0 Å². The number of ether oxygens (including phenoxy) is 2. The van der Waals surface area contributed by atoms with Crippen molar-refractivity contribution in [3.8, 4) is 11.5 Å². The summed E-state index contributed by atoms with van der Waals surface area (Å²) in [7, 11) is 3.14. The first-order chi connectivity index (χ1) is 8.62. The number of aromatic nitrogens is 1. The lowest BCUT2D eigenvalue weighted by atomic mass is 10.1. The van der Waals surface area contributed by atoms with Gasteiger partial charge in [-0.05, 0) is 19.4 Å². The average Bonchev–Trinajstić information content (AvgIpc) is 2.41. The van der Waals surface area contributed by atoms with E-state index in [0.29, 0.717) is 16.9 Å². The van der Waals surface area contributed by atoms with E-state index in [2.05, 4.69) is 4.98 Å². The number of methoxy groups -OCH3 is 2. The van der Waals surface area contributed by atoms with Crippen LogP contribution in [0.1, 0.15) is 18.2 Å². The minimum Gasteiger partial charge on any atom is -0.493 e. The Balaban J connectivity index is 2.85. The molecule has 1 aromatic heterocycles. The van der Waals surface area contributed by atoms with Crippen LogP contribution in [0.5, 0.6) is 11.5 Å². The highest BCUT2D eigenvalue weighted by molar-refractivity contribution is 5.83. The molecule has 0 unspecified atom stereocenters. The summed E-state index contributed by atoms with van der Waals surface area (Å²) < 4.78 is 10.5. The van der Waals surface area contributed by atoms with Gasteiger partial charge >= 0.3 is 0 Å². The second kappa shape index (κ2) is 4.72. The molecule has 0 radical (unpaired) electrons. The second-order valence-corrected chi connectivity index (χ2v) is 4.16. The number of aryl methyl sites for hydroxylation is 1. The van der Waals surface area contributed by atoms with Crippen LogP contribution in [0, 0.1) is 6.92 Å². The molecule has 96 valence electrons. The van der Waals surface area contributed by atoms with Crippen LogP contribution in [0.25, 0.3) is 10.9 Å². The number of pyridine rings is 1. The van der Waals surface area contributed by atoms with Gasteiger partial charge in [-0.25, -0.2) is 0 Å². The number of rotatable bonds is 3. The van der Waals surface area contributed by atoms with E-state index >= 15 is 0 Å². The maximum Gasteiger partial charge on any atom is 0.192 e. The van der Waals surface area contributed by atoms with Gasteiger partial charge in [0, 0.05) is 22.7 Å². The molecule has 0 atom stereocenters. The summed E-state index contributed by atoms with van der Waals surface area (Å²) in [4.78, 5) is 15.5. The molecule has 1 aromatic carbocycles. The molecule has 0 saturated carbocycles. The van der Waals surface area contributed by atoms with Crippen LogP contribution in [-0.2, 0) is 6.42 Å². The van der Waals surface area contributed by atoms with Crippen molar-refractivity contribution < 1.29 is 9.47 Å². The number of nitrogens with one attached hydrogen (secondary N) is 1. The zero-order chi connectivity index (χ0) is 13.3. The van der Waals surface area contributed by atoms with Crippen molar-refractivity contribution in [2.45, 2.75) is 20.3 Å². The molecule has 0 aliphatic heterocycles. The zero-order valence-electron chi connectivity index (χ0n) is 11.1. The fraction of sp³-hybridized carbons (Fsp3) is 0.357. The fourth-order valence-electron chi connectivity index (χ4n) is 2.12. The van der Waals surface area contributed by atoms with Gasteiger partial charge in [0.25, 0.3) is 0 Å². The van der Waals surface area contributed by atoms with Crippen LogP contribution < -0.4 is 14.9 Å². The molecule has 0 bridgehead atoms. The Kier molecular flexibility index (Phi) is 3.28. The van der Waals surface area contributed by atoms with Crippen molar-refractivity contribution in [2.24, 2.45) is 0 Å². The molecule has 1 N–H and O–H groups in total. The molecule has 0 spiro atoms. The summed E-state index contributed by atoms with van der Waals surface area (Å²) in [5, 5.41) is 0.627. The fourth-order valence-corrected chi connectivity index (χ4v) is 2.12. The van der Waals surface area contributed by atoms with Gasteiger partial charge < -0.3 is 14.5 Å². The molecule has 0 aliphatic rings. The molecule has 2 rings (SSSR count). The third-order valence-corrected chi connectivity index (χ3v) is 3.20. The van der Waals surface area contributed by atoms with Crippen molar-refractivity contribution in [3.63, 3.8) is 0 Å². The predicted octanol–water partition coefficient (Wildman–Crippen LogP) is 2.42.